The molecule has 14 heavy (non-hydrogen) atoms. The zero-order chi connectivity index (χ0) is 9.26. The molecule has 0 aromatic heterocycles. The fourth-order valence-electron chi connectivity index (χ4n) is 2.37. The molecule has 2 heterocycles. The van der Waals surface area contributed by atoms with Crippen molar-refractivity contribution in [3.05, 3.63) is 0 Å². The largest absolute Gasteiger partial charge is 0.481 e. The summed E-state index contributed by atoms with van der Waals surface area (Å²) in [5.41, 5.74) is 0. The van der Waals surface area contributed by atoms with E-state index in [-0.39, 0.29) is 12.4 Å². The van der Waals surface area contributed by atoms with Crippen LogP contribution in [0.4, 0.5) is 0 Å². The highest BCUT2D eigenvalue weighted by molar-refractivity contribution is 5.85. The number of halogens is 1. The van der Waals surface area contributed by atoms with Crippen molar-refractivity contribution in [2.75, 3.05) is 13.2 Å². The molecule has 0 aromatic carbocycles. The van der Waals surface area contributed by atoms with Gasteiger partial charge in [0.2, 0.25) is 0 Å². The molecule has 4 nitrogen and oxygen atoms in total. The van der Waals surface area contributed by atoms with E-state index in [2.05, 4.69) is 5.32 Å². The number of carboxylic acid groups (broad SMARTS) is 1. The Morgan fingerprint density at radius 3 is 2.43 bits per heavy atom. The second kappa shape index (κ2) is 4.96. The smallest absolute Gasteiger partial charge is 0.303 e. The molecule has 2 rings (SSSR count). The molecule has 2 bridgehead atoms. The number of ether oxygens (including phenoxy) is 1. The van der Waals surface area contributed by atoms with Gasteiger partial charge in [0.05, 0.1) is 13.2 Å². The summed E-state index contributed by atoms with van der Waals surface area (Å²) in [4.78, 5) is 10.5. The predicted molar refractivity (Wildman–Crippen MR) is 53.8 cm³/mol. The Hall–Kier alpha value is -0.320. The Labute approximate surface area is 89.4 Å². The first kappa shape index (κ1) is 11.8. The van der Waals surface area contributed by atoms with Crippen molar-refractivity contribution in [3.8, 4) is 0 Å². The van der Waals surface area contributed by atoms with Crippen LogP contribution in [0, 0.1) is 5.92 Å². The van der Waals surface area contributed by atoms with E-state index in [1.54, 1.807) is 0 Å². The Balaban J connectivity index is 0.000000980. The van der Waals surface area contributed by atoms with E-state index in [0.29, 0.717) is 24.4 Å². The molecule has 2 aliphatic heterocycles. The monoisotopic (exact) mass is 221 g/mol. The second-order valence-corrected chi connectivity index (χ2v) is 4.03. The first-order chi connectivity index (χ1) is 6.24. The number of hydrogen-bond acceptors (Lipinski definition) is 3. The number of piperidine rings is 1. The zero-order valence-corrected chi connectivity index (χ0v) is 8.76. The normalized spacial score (nSPS) is 35.9. The topological polar surface area (TPSA) is 58.6 Å². The van der Waals surface area contributed by atoms with Gasteiger partial charge < -0.3 is 15.2 Å². The number of aliphatic carboxylic acids is 1. The van der Waals surface area contributed by atoms with Gasteiger partial charge in [0.1, 0.15) is 0 Å². The minimum Gasteiger partial charge on any atom is -0.481 e. The molecular weight excluding hydrogens is 206 g/mol. The maximum atomic E-state index is 10.5. The van der Waals surface area contributed by atoms with Gasteiger partial charge in [-0.1, -0.05) is 0 Å². The fourth-order valence-corrected chi connectivity index (χ4v) is 2.37. The third-order valence-corrected chi connectivity index (χ3v) is 2.81. The van der Waals surface area contributed by atoms with Gasteiger partial charge in [-0.05, 0) is 18.8 Å². The molecule has 2 fully saturated rings. The van der Waals surface area contributed by atoms with Crippen molar-refractivity contribution < 1.29 is 14.6 Å². The third kappa shape index (κ3) is 2.83. The second-order valence-electron chi connectivity index (χ2n) is 4.03. The van der Waals surface area contributed by atoms with E-state index in [1.165, 1.54) is 0 Å². The molecule has 0 saturated carbocycles. The van der Waals surface area contributed by atoms with Crippen LogP contribution in [0.25, 0.3) is 0 Å². The summed E-state index contributed by atoms with van der Waals surface area (Å²) in [6.07, 6.45) is 2.21. The number of carboxylic acids is 1. The first-order valence-corrected chi connectivity index (χ1v) is 4.79. The minimum absolute atomic E-state index is 0. The van der Waals surface area contributed by atoms with Gasteiger partial charge in [-0.25, -0.2) is 0 Å². The van der Waals surface area contributed by atoms with Crippen molar-refractivity contribution in [1.29, 1.82) is 0 Å². The Morgan fingerprint density at radius 2 is 1.93 bits per heavy atom. The molecule has 2 N–H and O–H groups in total. The van der Waals surface area contributed by atoms with Gasteiger partial charge in [0.25, 0.3) is 0 Å². The minimum atomic E-state index is -0.675. The number of rotatable bonds is 2. The van der Waals surface area contributed by atoms with Crippen molar-refractivity contribution in [1.82, 2.24) is 5.32 Å². The van der Waals surface area contributed by atoms with E-state index < -0.39 is 5.97 Å². The summed E-state index contributed by atoms with van der Waals surface area (Å²) in [7, 11) is 0. The van der Waals surface area contributed by atoms with Crippen LogP contribution in [0.15, 0.2) is 0 Å². The van der Waals surface area contributed by atoms with Crippen LogP contribution in [-0.2, 0) is 9.53 Å². The summed E-state index contributed by atoms with van der Waals surface area (Å²) in [6, 6.07) is 0.772. The maximum absolute atomic E-state index is 10.5. The number of fused-ring (bicyclic) bond motifs is 2. The molecule has 2 atom stereocenters. The van der Waals surface area contributed by atoms with E-state index in [4.69, 9.17) is 9.84 Å². The first-order valence-electron chi connectivity index (χ1n) is 4.79. The van der Waals surface area contributed by atoms with Crippen molar-refractivity contribution in [3.63, 3.8) is 0 Å². The van der Waals surface area contributed by atoms with Gasteiger partial charge in [0.15, 0.2) is 0 Å². The number of morpholine rings is 1. The van der Waals surface area contributed by atoms with E-state index in [0.717, 1.165) is 26.1 Å². The quantitative estimate of drug-likeness (QED) is 0.719. The van der Waals surface area contributed by atoms with Crippen LogP contribution in [0.3, 0.4) is 0 Å². The summed E-state index contributed by atoms with van der Waals surface area (Å²) in [5.74, 6) is -0.330. The summed E-state index contributed by atoms with van der Waals surface area (Å²) in [5, 5.41) is 12.1. The maximum Gasteiger partial charge on any atom is 0.303 e. The van der Waals surface area contributed by atoms with E-state index in [9.17, 15) is 4.79 Å². The van der Waals surface area contributed by atoms with Crippen LogP contribution in [0.5, 0.6) is 0 Å². The molecular formula is C9H16ClNO3. The lowest BCUT2D eigenvalue weighted by Gasteiger charge is -2.39. The number of carbonyl (C=O) groups is 1. The van der Waals surface area contributed by atoms with Crippen LogP contribution in [-0.4, -0.2) is 36.4 Å². The van der Waals surface area contributed by atoms with Crippen LogP contribution < -0.4 is 5.32 Å². The van der Waals surface area contributed by atoms with Gasteiger partial charge >= 0.3 is 5.97 Å². The van der Waals surface area contributed by atoms with Crippen molar-refractivity contribution >= 4 is 18.4 Å². The highest BCUT2D eigenvalue weighted by Crippen LogP contribution is 2.26. The molecule has 82 valence electrons. The van der Waals surface area contributed by atoms with Gasteiger partial charge in [-0.15, -0.1) is 12.4 Å². The highest BCUT2D eigenvalue weighted by atomic mass is 35.5. The Bertz CT molecular complexity index is 200. The van der Waals surface area contributed by atoms with Gasteiger partial charge in [-0.2, -0.15) is 0 Å². The average Bonchev–Trinajstić information content (AvgIpc) is 2.01. The molecule has 0 radical (unpaired) electrons. The molecule has 0 unspecified atom stereocenters. The van der Waals surface area contributed by atoms with Crippen LogP contribution in [0.1, 0.15) is 19.3 Å². The zero-order valence-electron chi connectivity index (χ0n) is 7.94. The number of hydrogen-bond donors (Lipinski definition) is 2. The average molecular weight is 222 g/mol. The van der Waals surface area contributed by atoms with Crippen LogP contribution >= 0.6 is 12.4 Å². The molecule has 0 amide bonds. The Morgan fingerprint density at radius 1 is 1.36 bits per heavy atom. The van der Waals surface area contributed by atoms with E-state index in [1.807, 2.05) is 0 Å². The summed E-state index contributed by atoms with van der Waals surface area (Å²) >= 11 is 0. The molecule has 0 aliphatic carbocycles. The molecule has 2 aliphatic rings. The standard InChI is InChI=1S/C9H15NO3.ClH/c11-9(12)3-6-1-7-4-13-5-8(2-6)10-7;/h6-8,10H,1-5H2,(H,11,12);1H/t7-,8-;/m0./s1. The third-order valence-electron chi connectivity index (χ3n) is 2.81. The number of nitrogens with one attached hydrogen (secondary N) is 1. The molecule has 5 heteroatoms. The summed E-state index contributed by atoms with van der Waals surface area (Å²) < 4.78 is 5.38. The fraction of sp³-hybridized carbons (Fsp3) is 0.889. The molecule has 0 aromatic rings. The lowest BCUT2D eigenvalue weighted by molar-refractivity contribution is -0.138. The van der Waals surface area contributed by atoms with E-state index >= 15 is 0 Å². The van der Waals surface area contributed by atoms with Crippen molar-refractivity contribution in [2.45, 2.75) is 31.3 Å². The SMILES string of the molecule is Cl.O=C(O)CC1C[C@H]2COC[C@H](C1)N2. The predicted octanol–water partition coefficient (Wildman–Crippen LogP) is 0.650. The summed E-state index contributed by atoms with van der Waals surface area (Å²) in [6.45, 7) is 1.49. The van der Waals surface area contributed by atoms with Gasteiger partial charge in [-0.3, -0.25) is 4.79 Å². The van der Waals surface area contributed by atoms with Crippen molar-refractivity contribution in [2.24, 2.45) is 5.92 Å². The molecule has 0 spiro atoms. The lowest BCUT2D eigenvalue weighted by atomic mass is 9.85. The lowest BCUT2D eigenvalue weighted by Crippen LogP contribution is -2.54. The molecule has 2 saturated heterocycles. The van der Waals surface area contributed by atoms with Crippen LogP contribution in [0.2, 0.25) is 0 Å². The Kier molecular flexibility index (Phi) is 4.16. The highest BCUT2D eigenvalue weighted by Gasteiger charge is 2.32. The van der Waals surface area contributed by atoms with Gasteiger partial charge in [0, 0.05) is 18.5 Å².